The summed E-state index contributed by atoms with van der Waals surface area (Å²) in [6.45, 7) is 0.442. The van der Waals surface area contributed by atoms with E-state index in [4.69, 9.17) is 0 Å². The van der Waals surface area contributed by atoms with Crippen LogP contribution in [-0.2, 0) is 17.8 Å². The molecule has 1 aliphatic rings. The van der Waals surface area contributed by atoms with Gasteiger partial charge in [0.25, 0.3) is 5.91 Å². The summed E-state index contributed by atoms with van der Waals surface area (Å²) in [7, 11) is 0. The fourth-order valence-corrected chi connectivity index (χ4v) is 3.72. The summed E-state index contributed by atoms with van der Waals surface area (Å²) in [5, 5.41) is 5.18. The van der Waals surface area contributed by atoms with Gasteiger partial charge in [0.05, 0.1) is 0 Å². The van der Waals surface area contributed by atoms with Gasteiger partial charge in [-0.3, -0.25) is 9.59 Å². The summed E-state index contributed by atoms with van der Waals surface area (Å²) in [6.07, 6.45) is 2.10. The van der Waals surface area contributed by atoms with Crippen LogP contribution in [-0.4, -0.2) is 27.7 Å². The van der Waals surface area contributed by atoms with Crippen LogP contribution in [0.15, 0.2) is 66.2 Å². The highest BCUT2D eigenvalue weighted by atomic mass is 32.1. The normalized spacial score (nSPS) is 14.2. The van der Waals surface area contributed by atoms with Gasteiger partial charge in [-0.1, -0.05) is 48.5 Å². The SMILES string of the molecule is O=C(Nc1nccs1)[C@H](Cc1ccccc1)N1Cc2ccccc2C1=O. The molecule has 26 heavy (non-hydrogen) atoms. The number of aromatic nitrogens is 1. The summed E-state index contributed by atoms with van der Waals surface area (Å²) >= 11 is 1.36. The van der Waals surface area contributed by atoms with E-state index >= 15 is 0 Å². The summed E-state index contributed by atoms with van der Waals surface area (Å²) < 4.78 is 0. The molecular formula is C20H17N3O2S. The van der Waals surface area contributed by atoms with Gasteiger partial charge in [-0.05, 0) is 17.2 Å². The van der Waals surface area contributed by atoms with Crippen molar-refractivity contribution < 1.29 is 9.59 Å². The van der Waals surface area contributed by atoms with Crippen LogP contribution in [0.3, 0.4) is 0 Å². The van der Waals surface area contributed by atoms with Gasteiger partial charge in [0, 0.05) is 30.1 Å². The Bertz CT molecular complexity index is 925. The number of hydrogen-bond donors (Lipinski definition) is 1. The fourth-order valence-electron chi connectivity index (χ4n) is 3.18. The molecular weight excluding hydrogens is 346 g/mol. The largest absolute Gasteiger partial charge is 0.322 e. The van der Waals surface area contributed by atoms with Crippen LogP contribution in [0.2, 0.25) is 0 Å². The quantitative estimate of drug-likeness (QED) is 0.756. The molecule has 0 aliphatic carbocycles. The van der Waals surface area contributed by atoms with E-state index in [1.165, 1.54) is 11.3 Å². The lowest BCUT2D eigenvalue weighted by molar-refractivity contribution is -0.120. The standard InChI is InChI=1S/C20H17N3O2S/c24-18(22-20-21-10-11-26-20)17(12-14-6-2-1-3-7-14)23-13-15-8-4-5-9-16(15)19(23)25/h1-11,17H,12-13H2,(H,21,22,24)/t17-/m0/s1. The van der Waals surface area contributed by atoms with Gasteiger partial charge in [0.2, 0.25) is 5.91 Å². The van der Waals surface area contributed by atoms with Crippen LogP contribution in [0.1, 0.15) is 21.5 Å². The Labute approximate surface area is 155 Å². The second-order valence-electron chi connectivity index (χ2n) is 6.12. The third kappa shape index (κ3) is 3.23. The number of nitrogens with zero attached hydrogens (tertiary/aromatic N) is 2. The number of benzene rings is 2. The van der Waals surface area contributed by atoms with Crippen molar-refractivity contribution in [3.8, 4) is 0 Å². The Morgan fingerprint density at radius 1 is 1.15 bits per heavy atom. The first-order chi connectivity index (χ1) is 12.7. The molecule has 4 rings (SSSR count). The zero-order valence-electron chi connectivity index (χ0n) is 14.0. The smallest absolute Gasteiger partial charge is 0.255 e. The molecule has 0 fully saturated rings. The first kappa shape index (κ1) is 16.5. The average Bonchev–Trinajstić information content (AvgIpc) is 3.29. The van der Waals surface area contributed by atoms with Crippen LogP contribution in [0.4, 0.5) is 5.13 Å². The Hall–Kier alpha value is -2.99. The minimum absolute atomic E-state index is 0.101. The van der Waals surface area contributed by atoms with E-state index in [0.29, 0.717) is 23.7 Å². The second-order valence-corrected chi connectivity index (χ2v) is 7.02. The molecule has 2 heterocycles. The molecule has 1 aromatic heterocycles. The van der Waals surface area contributed by atoms with Gasteiger partial charge in [0.15, 0.2) is 5.13 Å². The fraction of sp³-hybridized carbons (Fsp3) is 0.150. The maximum Gasteiger partial charge on any atom is 0.255 e. The minimum atomic E-state index is -0.596. The molecule has 130 valence electrons. The van der Waals surface area contributed by atoms with Crippen molar-refractivity contribution in [3.05, 3.63) is 82.9 Å². The predicted molar refractivity (Wildman–Crippen MR) is 101 cm³/mol. The van der Waals surface area contributed by atoms with Crippen molar-refractivity contribution in [2.24, 2.45) is 0 Å². The maximum absolute atomic E-state index is 13.0. The van der Waals surface area contributed by atoms with Crippen LogP contribution in [0.5, 0.6) is 0 Å². The van der Waals surface area contributed by atoms with E-state index in [2.05, 4.69) is 10.3 Å². The number of hydrogen-bond acceptors (Lipinski definition) is 4. The van der Waals surface area contributed by atoms with Crippen molar-refractivity contribution >= 4 is 28.3 Å². The first-order valence-electron chi connectivity index (χ1n) is 8.35. The number of carbonyl (C=O) groups excluding carboxylic acids is 2. The Morgan fingerprint density at radius 3 is 2.65 bits per heavy atom. The number of carbonyl (C=O) groups is 2. The average molecular weight is 363 g/mol. The third-order valence-corrected chi connectivity index (χ3v) is 5.15. The molecule has 0 radical (unpaired) electrons. The van der Waals surface area contributed by atoms with E-state index in [1.54, 1.807) is 16.5 Å². The highest BCUT2D eigenvalue weighted by Gasteiger charge is 2.36. The molecule has 0 saturated carbocycles. The number of fused-ring (bicyclic) bond motifs is 1. The van der Waals surface area contributed by atoms with E-state index in [9.17, 15) is 9.59 Å². The van der Waals surface area contributed by atoms with Crippen LogP contribution in [0, 0.1) is 0 Å². The minimum Gasteiger partial charge on any atom is -0.322 e. The van der Waals surface area contributed by atoms with Crippen molar-refractivity contribution in [2.75, 3.05) is 5.32 Å². The van der Waals surface area contributed by atoms with Gasteiger partial charge < -0.3 is 10.2 Å². The number of rotatable bonds is 5. The highest BCUT2D eigenvalue weighted by Crippen LogP contribution is 2.26. The summed E-state index contributed by atoms with van der Waals surface area (Å²) in [5.41, 5.74) is 2.64. The van der Waals surface area contributed by atoms with E-state index < -0.39 is 6.04 Å². The number of nitrogens with one attached hydrogen (secondary N) is 1. The van der Waals surface area contributed by atoms with E-state index in [1.807, 2.05) is 54.6 Å². The van der Waals surface area contributed by atoms with E-state index in [-0.39, 0.29) is 11.8 Å². The van der Waals surface area contributed by atoms with Crippen molar-refractivity contribution in [2.45, 2.75) is 19.0 Å². The van der Waals surface area contributed by atoms with Crippen molar-refractivity contribution in [1.82, 2.24) is 9.88 Å². The molecule has 6 heteroatoms. The highest BCUT2D eigenvalue weighted by molar-refractivity contribution is 7.13. The number of amides is 2. The summed E-state index contributed by atoms with van der Waals surface area (Å²) in [4.78, 5) is 31.6. The summed E-state index contributed by atoms with van der Waals surface area (Å²) in [5.74, 6) is -0.319. The molecule has 2 aromatic carbocycles. The van der Waals surface area contributed by atoms with Crippen LogP contribution < -0.4 is 5.32 Å². The zero-order valence-corrected chi connectivity index (χ0v) is 14.8. The molecule has 5 nitrogen and oxygen atoms in total. The van der Waals surface area contributed by atoms with E-state index in [0.717, 1.165) is 11.1 Å². The van der Waals surface area contributed by atoms with Crippen LogP contribution >= 0.6 is 11.3 Å². The second kappa shape index (κ2) is 7.09. The molecule has 1 atom stereocenters. The lowest BCUT2D eigenvalue weighted by atomic mass is 10.0. The summed E-state index contributed by atoms with van der Waals surface area (Å²) in [6, 6.07) is 16.7. The molecule has 0 unspecified atom stereocenters. The predicted octanol–water partition coefficient (Wildman–Crippen LogP) is 3.35. The van der Waals surface area contributed by atoms with Gasteiger partial charge in [0.1, 0.15) is 6.04 Å². The molecule has 1 aliphatic heterocycles. The monoisotopic (exact) mass is 363 g/mol. The van der Waals surface area contributed by atoms with Gasteiger partial charge in [-0.25, -0.2) is 4.98 Å². The van der Waals surface area contributed by atoms with Gasteiger partial charge >= 0.3 is 0 Å². The molecule has 0 spiro atoms. The van der Waals surface area contributed by atoms with Crippen molar-refractivity contribution in [3.63, 3.8) is 0 Å². The van der Waals surface area contributed by atoms with Gasteiger partial charge in [-0.2, -0.15) is 0 Å². The Morgan fingerprint density at radius 2 is 1.92 bits per heavy atom. The Kier molecular flexibility index (Phi) is 4.50. The number of anilines is 1. The topological polar surface area (TPSA) is 62.3 Å². The number of thiazole rings is 1. The lowest BCUT2D eigenvalue weighted by Crippen LogP contribution is -2.45. The molecule has 0 saturated heterocycles. The zero-order chi connectivity index (χ0) is 17.9. The van der Waals surface area contributed by atoms with Gasteiger partial charge in [-0.15, -0.1) is 11.3 Å². The third-order valence-electron chi connectivity index (χ3n) is 4.46. The molecule has 0 bridgehead atoms. The van der Waals surface area contributed by atoms with Crippen LogP contribution in [0.25, 0.3) is 0 Å². The maximum atomic E-state index is 13.0. The molecule has 3 aromatic rings. The molecule has 2 amide bonds. The first-order valence-corrected chi connectivity index (χ1v) is 9.23. The Balaban J connectivity index is 1.62. The molecule has 1 N–H and O–H groups in total. The van der Waals surface area contributed by atoms with Crippen molar-refractivity contribution in [1.29, 1.82) is 0 Å². The lowest BCUT2D eigenvalue weighted by Gasteiger charge is -2.26.